The van der Waals surface area contributed by atoms with Crippen LogP contribution in [0.2, 0.25) is 0 Å². The predicted octanol–water partition coefficient (Wildman–Crippen LogP) is -0.158. The second-order valence-corrected chi connectivity index (χ2v) is 2.74. The molecule has 14 heavy (non-hydrogen) atoms. The van der Waals surface area contributed by atoms with Gasteiger partial charge in [0.15, 0.2) is 0 Å². The standard InChI is InChI=1S/C6H9F3N2O3/c1-13-10-4-2-11(3-4)14-5(12)6(7,8)9/h4,10H,2-3H2,1H3. The van der Waals surface area contributed by atoms with E-state index in [0.717, 1.165) is 5.06 Å². The normalized spacial score (nSPS) is 19.1. The molecule has 82 valence electrons. The summed E-state index contributed by atoms with van der Waals surface area (Å²) in [7, 11) is 1.39. The summed E-state index contributed by atoms with van der Waals surface area (Å²) in [6, 6.07) is -0.110. The zero-order chi connectivity index (χ0) is 10.8. The van der Waals surface area contributed by atoms with E-state index >= 15 is 0 Å². The molecule has 0 aliphatic carbocycles. The van der Waals surface area contributed by atoms with Crippen molar-refractivity contribution in [2.75, 3.05) is 20.2 Å². The van der Waals surface area contributed by atoms with Gasteiger partial charge >= 0.3 is 12.1 Å². The van der Waals surface area contributed by atoms with Crippen LogP contribution in [0.1, 0.15) is 0 Å². The van der Waals surface area contributed by atoms with Crippen molar-refractivity contribution in [3.8, 4) is 0 Å². The maximum atomic E-state index is 11.7. The smallest absolute Gasteiger partial charge is 0.361 e. The lowest BCUT2D eigenvalue weighted by atomic mass is 10.2. The van der Waals surface area contributed by atoms with Crippen molar-refractivity contribution >= 4 is 5.97 Å². The predicted molar refractivity (Wildman–Crippen MR) is 37.7 cm³/mol. The summed E-state index contributed by atoms with van der Waals surface area (Å²) in [5.74, 6) is -2.20. The van der Waals surface area contributed by atoms with Crippen molar-refractivity contribution in [2.45, 2.75) is 12.2 Å². The van der Waals surface area contributed by atoms with Gasteiger partial charge in [-0.3, -0.25) is 0 Å². The summed E-state index contributed by atoms with van der Waals surface area (Å²) < 4.78 is 35.0. The zero-order valence-electron chi connectivity index (χ0n) is 7.30. The maximum absolute atomic E-state index is 11.7. The second-order valence-electron chi connectivity index (χ2n) is 2.74. The third-order valence-electron chi connectivity index (χ3n) is 1.58. The van der Waals surface area contributed by atoms with Gasteiger partial charge in [-0.05, 0) is 0 Å². The van der Waals surface area contributed by atoms with Crippen LogP contribution in [0.15, 0.2) is 0 Å². The molecule has 0 saturated carbocycles. The van der Waals surface area contributed by atoms with E-state index < -0.39 is 12.1 Å². The van der Waals surface area contributed by atoms with Crippen molar-refractivity contribution in [1.29, 1.82) is 0 Å². The van der Waals surface area contributed by atoms with Crippen LogP contribution in [0.4, 0.5) is 13.2 Å². The maximum Gasteiger partial charge on any atom is 0.492 e. The number of hydroxylamine groups is 3. The highest BCUT2D eigenvalue weighted by molar-refractivity contribution is 5.75. The van der Waals surface area contributed by atoms with Gasteiger partial charge < -0.3 is 9.68 Å². The molecule has 0 radical (unpaired) electrons. The highest BCUT2D eigenvalue weighted by Crippen LogP contribution is 2.19. The molecule has 0 bridgehead atoms. The van der Waals surface area contributed by atoms with Gasteiger partial charge in [0.25, 0.3) is 0 Å². The monoisotopic (exact) mass is 214 g/mol. The summed E-state index contributed by atoms with van der Waals surface area (Å²) >= 11 is 0. The lowest BCUT2D eigenvalue weighted by Crippen LogP contribution is -2.58. The molecule has 0 aromatic carbocycles. The van der Waals surface area contributed by atoms with Crippen LogP contribution in [-0.2, 0) is 14.5 Å². The molecular formula is C6H9F3N2O3. The molecule has 1 aliphatic heterocycles. The quantitative estimate of drug-likeness (QED) is 0.662. The molecule has 0 atom stereocenters. The first-order chi connectivity index (χ1) is 6.43. The van der Waals surface area contributed by atoms with E-state index in [4.69, 9.17) is 0 Å². The first kappa shape index (κ1) is 11.2. The number of carbonyl (C=O) groups is 1. The van der Waals surface area contributed by atoms with Gasteiger partial charge in [-0.2, -0.15) is 18.7 Å². The Morgan fingerprint density at radius 2 is 2.07 bits per heavy atom. The second kappa shape index (κ2) is 4.11. The largest absolute Gasteiger partial charge is 0.492 e. The van der Waals surface area contributed by atoms with Crippen LogP contribution in [0.25, 0.3) is 0 Å². The highest BCUT2D eigenvalue weighted by atomic mass is 19.4. The summed E-state index contributed by atoms with van der Waals surface area (Å²) in [4.78, 5) is 18.8. The molecule has 0 unspecified atom stereocenters. The lowest BCUT2D eigenvalue weighted by molar-refractivity contribution is -0.258. The number of nitrogens with one attached hydrogen (secondary N) is 1. The molecule has 1 rings (SSSR count). The zero-order valence-corrected chi connectivity index (χ0v) is 7.30. The molecule has 0 amide bonds. The fourth-order valence-electron chi connectivity index (χ4n) is 0.923. The fraction of sp³-hybridized carbons (Fsp3) is 0.833. The fourth-order valence-corrected chi connectivity index (χ4v) is 0.923. The van der Waals surface area contributed by atoms with Gasteiger partial charge in [-0.15, -0.1) is 5.06 Å². The van der Waals surface area contributed by atoms with E-state index in [0.29, 0.717) is 0 Å². The molecule has 1 saturated heterocycles. The first-order valence-electron chi connectivity index (χ1n) is 3.76. The highest BCUT2D eigenvalue weighted by Gasteiger charge is 2.44. The molecule has 1 fully saturated rings. The van der Waals surface area contributed by atoms with Crippen LogP contribution in [0, 0.1) is 0 Å². The van der Waals surface area contributed by atoms with Crippen LogP contribution in [0.3, 0.4) is 0 Å². The number of alkyl halides is 3. The van der Waals surface area contributed by atoms with Gasteiger partial charge in [0, 0.05) is 0 Å². The van der Waals surface area contributed by atoms with Crippen LogP contribution >= 0.6 is 0 Å². The van der Waals surface area contributed by atoms with Crippen molar-refractivity contribution < 1.29 is 27.6 Å². The SMILES string of the molecule is CONC1CN(OC(=O)C(F)(F)F)C1. The molecule has 1 heterocycles. The number of carbonyl (C=O) groups excluding carboxylic acids is 1. The molecule has 8 heteroatoms. The van der Waals surface area contributed by atoms with Crippen LogP contribution in [-0.4, -0.2) is 43.4 Å². The average molecular weight is 214 g/mol. The van der Waals surface area contributed by atoms with Gasteiger partial charge in [-0.25, -0.2) is 4.79 Å². The van der Waals surface area contributed by atoms with Crippen molar-refractivity contribution in [1.82, 2.24) is 10.5 Å². The minimum atomic E-state index is -4.94. The Hall–Kier alpha value is -0.860. The third-order valence-corrected chi connectivity index (χ3v) is 1.58. The van der Waals surface area contributed by atoms with Crippen LogP contribution < -0.4 is 5.48 Å². The van der Waals surface area contributed by atoms with Gasteiger partial charge in [0.2, 0.25) is 0 Å². The van der Waals surface area contributed by atoms with E-state index in [-0.39, 0.29) is 19.1 Å². The topological polar surface area (TPSA) is 50.8 Å². The number of rotatable bonds is 3. The minimum absolute atomic E-state index is 0.110. The third kappa shape index (κ3) is 2.82. The van der Waals surface area contributed by atoms with Gasteiger partial charge in [0.1, 0.15) is 0 Å². The van der Waals surface area contributed by atoms with E-state index in [2.05, 4.69) is 15.2 Å². The van der Waals surface area contributed by atoms with Crippen molar-refractivity contribution in [2.24, 2.45) is 0 Å². The van der Waals surface area contributed by atoms with Crippen LogP contribution in [0.5, 0.6) is 0 Å². The number of hydrogen-bond donors (Lipinski definition) is 1. The van der Waals surface area contributed by atoms with E-state index in [9.17, 15) is 18.0 Å². The van der Waals surface area contributed by atoms with Gasteiger partial charge in [0.05, 0.1) is 26.2 Å². The molecule has 0 aromatic rings. The number of halogens is 3. The Morgan fingerprint density at radius 3 is 2.50 bits per heavy atom. The summed E-state index contributed by atoms with van der Waals surface area (Å²) in [5.41, 5.74) is 2.51. The Kier molecular flexibility index (Phi) is 3.29. The van der Waals surface area contributed by atoms with Crippen molar-refractivity contribution in [3.63, 3.8) is 0 Å². The Bertz CT molecular complexity index is 215. The Labute approximate surface area is 77.7 Å². The molecule has 0 spiro atoms. The molecular weight excluding hydrogens is 205 g/mol. The number of hydrogen-bond acceptors (Lipinski definition) is 5. The number of nitrogens with zero attached hydrogens (tertiary/aromatic N) is 1. The lowest BCUT2D eigenvalue weighted by Gasteiger charge is -2.36. The average Bonchev–Trinajstić information content (AvgIpc) is 1.98. The molecule has 5 nitrogen and oxygen atoms in total. The van der Waals surface area contributed by atoms with E-state index in [1.807, 2.05) is 0 Å². The van der Waals surface area contributed by atoms with Gasteiger partial charge in [-0.1, -0.05) is 0 Å². The Balaban J connectivity index is 2.20. The summed E-state index contributed by atoms with van der Waals surface area (Å²) in [6.07, 6.45) is -4.94. The summed E-state index contributed by atoms with van der Waals surface area (Å²) in [5, 5.41) is 0.909. The van der Waals surface area contributed by atoms with E-state index in [1.54, 1.807) is 0 Å². The Morgan fingerprint density at radius 1 is 1.50 bits per heavy atom. The molecule has 1 aliphatic rings. The van der Waals surface area contributed by atoms with E-state index in [1.165, 1.54) is 7.11 Å². The molecule has 0 aromatic heterocycles. The first-order valence-corrected chi connectivity index (χ1v) is 3.76. The molecule has 1 N–H and O–H groups in total. The minimum Gasteiger partial charge on any atom is -0.361 e. The van der Waals surface area contributed by atoms with Crippen molar-refractivity contribution in [3.05, 3.63) is 0 Å². The summed E-state index contributed by atoms with van der Waals surface area (Å²) in [6.45, 7) is 0.353.